The predicted molar refractivity (Wildman–Crippen MR) is 98.7 cm³/mol. The molecule has 0 fully saturated rings. The van der Waals surface area contributed by atoms with Crippen LogP contribution in [-0.2, 0) is 22.4 Å². The Balaban J connectivity index is 2.15. The highest BCUT2D eigenvalue weighted by atomic mass is 32.1. The van der Waals surface area contributed by atoms with Crippen LogP contribution in [0.15, 0.2) is 17.5 Å². The van der Waals surface area contributed by atoms with Gasteiger partial charge in [0.15, 0.2) is 0 Å². The summed E-state index contributed by atoms with van der Waals surface area (Å²) in [4.78, 5) is 28.2. The van der Waals surface area contributed by atoms with Gasteiger partial charge in [-0.3, -0.25) is 9.69 Å². The molecule has 0 radical (unpaired) electrons. The maximum Gasteiger partial charge on any atom is 0.341 e. The smallest absolute Gasteiger partial charge is 0.341 e. The van der Waals surface area contributed by atoms with E-state index in [1.54, 1.807) is 16.2 Å². The highest BCUT2D eigenvalue weighted by Gasteiger charge is 2.32. The summed E-state index contributed by atoms with van der Waals surface area (Å²) in [5.74, 6) is -0.307. The molecule has 0 aliphatic heterocycles. The van der Waals surface area contributed by atoms with Gasteiger partial charge in [-0.2, -0.15) is 0 Å². The van der Waals surface area contributed by atoms with Crippen LogP contribution < -0.4 is 4.90 Å². The fraction of sp³-hybridized carbons (Fsp3) is 0.444. The molecule has 2 aromatic heterocycles. The summed E-state index contributed by atoms with van der Waals surface area (Å²) in [5, 5.41) is 3.53. The second-order valence-corrected chi connectivity index (χ2v) is 7.66. The minimum atomic E-state index is -0.308. The zero-order valence-electron chi connectivity index (χ0n) is 14.0. The van der Waals surface area contributed by atoms with Crippen molar-refractivity contribution in [2.75, 3.05) is 11.5 Å². The number of hydrogen-bond acceptors (Lipinski definition) is 5. The number of fused-ring (bicyclic) bond motifs is 1. The van der Waals surface area contributed by atoms with Crippen LogP contribution in [0.3, 0.4) is 0 Å². The standard InChI is InChI=1S/C18H21NO3S2/c1-3-14(20)19(15-10-7-11-23-15)17-16(18(21)22-4-2)12-8-5-6-9-13(12)24-17/h7,10-11H,3-6,8-9H2,1-2H3. The molecule has 1 aliphatic rings. The lowest BCUT2D eigenvalue weighted by molar-refractivity contribution is -0.117. The molecule has 0 N–H and O–H groups in total. The van der Waals surface area contributed by atoms with E-state index in [4.69, 9.17) is 4.74 Å². The lowest BCUT2D eigenvalue weighted by atomic mass is 9.95. The van der Waals surface area contributed by atoms with Crippen molar-refractivity contribution in [1.29, 1.82) is 0 Å². The number of carbonyl (C=O) groups excluding carboxylic acids is 2. The van der Waals surface area contributed by atoms with Crippen molar-refractivity contribution in [3.05, 3.63) is 33.5 Å². The van der Waals surface area contributed by atoms with Gasteiger partial charge < -0.3 is 4.74 Å². The highest BCUT2D eigenvalue weighted by molar-refractivity contribution is 7.18. The minimum absolute atomic E-state index is 0.00148. The molecular formula is C18H21NO3S2. The van der Waals surface area contributed by atoms with Crippen molar-refractivity contribution in [3.63, 3.8) is 0 Å². The van der Waals surface area contributed by atoms with Crippen LogP contribution in [0.5, 0.6) is 0 Å². The third-order valence-corrected chi connectivity index (χ3v) is 6.24. The maximum atomic E-state index is 12.6. The number of esters is 1. The summed E-state index contributed by atoms with van der Waals surface area (Å²) in [5.41, 5.74) is 1.69. The molecule has 0 saturated carbocycles. The van der Waals surface area contributed by atoms with Gasteiger partial charge in [-0.05, 0) is 55.7 Å². The monoisotopic (exact) mass is 363 g/mol. The number of hydrogen-bond donors (Lipinski definition) is 0. The molecule has 4 nitrogen and oxygen atoms in total. The topological polar surface area (TPSA) is 46.6 Å². The summed E-state index contributed by atoms with van der Waals surface area (Å²) in [7, 11) is 0. The zero-order chi connectivity index (χ0) is 17.1. The summed E-state index contributed by atoms with van der Waals surface area (Å²) in [6.07, 6.45) is 4.47. The van der Waals surface area contributed by atoms with Crippen molar-refractivity contribution < 1.29 is 14.3 Å². The molecule has 2 heterocycles. The quantitative estimate of drug-likeness (QED) is 0.707. The molecule has 0 atom stereocenters. The molecule has 0 bridgehead atoms. The van der Waals surface area contributed by atoms with Gasteiger partial charge >= 0.3 is 5.97 Å². The molecule has 1 amide bonds. The Bertz CT molecular complexity index is 734. The minimum Gasteiger partial charge on any atom is -0.462 e. The van der Waals surface area contributed by atoms with Gasteiger partial charge in [0.05, 0.1) is 12.2 Å². The molecule has 2 aromatic rings. The molecule has 0 saturated heterocycles. The van der Waals surface area contributed by atoms with Crippen LogP contribution in [0.4, 0.5) is 10.0 Å². The number of thiophene rings is 2. The third kappa shape index (κ3) is 3.13. The molecule has 0 unspecified atom stereocenters. The van der Waals surface area contributed by atoms with Crippen LogP contribution >= 0.6 is 22.7 Å². The van der Waals surface area contributed by atoms with Gasteiger partial charge in [0.25, 0.3) is 0 Å². The average Bonchev–Trinajstić information content (AvgIpc) is 3.23. The number of nitrogens with zero attached hydrogens (tertiary/aromatic N) is 1. The van der Waals surface area contributed by atoms with E-state index >= 15 is 0 Å². The second kappa shape index (κ2) is 7.49. The van der Waals surface area contributed by atoms with E-state index in [-0.39, 0.29) is 11.9 Å². The number of ether oxygens (including phenoxy) is 1. The Labute approximate surface area is 150 Å². The largest absolute Gasteiger partial charge is 0.462 e. The van der Waals surface area contributed by atoms with Crippen LogP contribution in [-0.4, -0.2) is 18.5 Å². The average molecular weight is 364 g/mol. The molecule has 128 valence electrons. The number of aryl methyl sites for hydroxylation is 1. The van der Waals surface area contributed by atoms with Crippen LogP contribution in [0, 0.1) is 0 Å². The SMILES string of the molecule is CCOC(=O)c1c(N(C(=O)CC)c2cccs2)sc2c1CCCC2. The molecule has 0 spiro atoms. The highest BCUT2D eigenvalue weighted by Crippen LogP contribution is 2.44. The van der Waals surface area contributed by atoms with Crippen molar-refractivity contribution in [1.82, 2.24) is 0 Å². The van der Waals surface area contributed by atoms with E-state index < -0.39 is 0 Å². The van der Waals surface area contributed by atoms with Crippen molar-refractivity contribution in [2.24, 2.45) is 0 Å². The zero-order valence-corrected chi connectivity index (χ0v) is 15.6. The van der Waals surface area contributed by atoms with E-state index in [0.29, 0.717) is 18.6 Å². The lowest BCUT2D eigenvalue weighted by Crippen LogP contribution is -2.25. The second-order valence-electron chi connectivity index (χ2n) is 5.65. The first-order valence-corrected chi connectivity index (χ1v) is 10.0. The van der Waals surface area contributed by atoms with Crippen molar-refractivity contribution >= 4 is 44.6 Å². The van der Waals surface area contributed by atoms with Crippen LogP contribution in [0.25, 0.3) is 0 Å². The molecule has 24 heavy (non-hydrogen) atoms. The van der Waals surface area contributed by atoms with Gasteiger partial charge in [0.1, 0.15) is 10.0 Å². The molecule has 0 aromatic carbocycles. The normalized spacial score (nSPS) is 13.4. The van der Waals surface area contributed by atoms with Crippen LogP contribution in [0.1, 0.15) is 53.9 Å². The number of anilines is 2. The first-order valence-electron chi connectivity index (χ1n) is 8.35. The van der Waals surface area contributed by atoms with Crippen molar-refractivity contribution in [2.45, 2.75) is 46.0 Å². The van der Waals surface area contributed by atoms with Crippen LogP contribution in [0.2, 0.25) is 0 Å². The lowest BCUT2D eigenvalue weighted by Gasteiger charge is -2.20. The predicted octanol–water partition coefficient (Wildman–Crippen LogP) is 4.94. The molecule has 1 aliphatic carbocycles. The summed E-state index contributed by atoms with van der Waals surface area (Å²) in [6.45, 7) is 3.99. The molecule has 3 rings (SSSR count). The Morgan fingerprint density at radius 3 is 2.71 bits per heavy atom. The van der Waals surface area contributed by atoms with E-state index in [0.717, 1.165) is 41.2 Å². The Kier molecular flexibility index (Phi) is 5.36. The van der Waals surface area contributed by atoms with Gasteiger partial charge in [-0.25, -0.2) is 4.79 Å². The van der Waals surface area contributed by atoms with E-state index in [1.807, 2.05) is 31.4 Å². The number of amides is 1. The molecule has 6 heteroatoms. The molecular weight excluding hydrogens is 342 g/mol. The summed E-state index contributed by atoms with van der Waals surface area (Å²) in [6, 6.07) is 3.85. The third-order valence-electron chi connectivity index (χ3n) is 4.11. The first kappa shape index (κ1) is 17.2. The van der Waals surface area contributed by atoms with E-state index in [9.17, 15) is 9.59 Å². The maximum absolute atomic E-state index is 12.6. The van der Waals surface area contributed by atoms with Crippen molar-refractivity contribution in [3.8, 4) is 0 Å². The summed E-state index contributed by atoms with van der Waals surface area (Å²) >= 11 is 3.09. The number of carbonyl (C=O) groups is 2. The first-order chi connectivity index (χ1) is 11.7. The fourth-order valence-corrected chi connectivity index (χ4v) is 5.23. The van der Waals surface area contributed by atoms with Gasteiger partial charge in [-0.15, -0.1) is 22.7 Å². The summed E-state index contributed by atoms with van der Waals surface area (Å²) < 4.78 is 5.31. The van der Waals surface area contributed by atoms with Gasteiger partial charge in [0.2, 0.25) is 5.91 Å². The van der Waals surface area contributed by atoms with E-state index in [2.05, 4.69) is 0 Å². The Morgan fingerprint density at radius 2 is 2.04 bits per heavy atom. The fourth-order valence-electron chi connectivity index (χ4n) is 3.01. The Hall–Kier alpha value is -1.66. The van der Waals surface area contributed by atoms with Gasteiger partial charge in [0, 0.05) is 11.3 Å². The number of rotatable bonds is 5. The van der Waals surface area contributed by atoms with E-state index in [1.165, 1.54) is 16.2 Å². The van der Waals surface area contributed by atoms with Gasteiger partial charge in [-0.1, -0.05) is 6.92 Å². The Morgan fingerprint density at radius 1 is 1.25 bits per heavy atom.